The number of aromatic nitrogens is 2. The van der Waals surface area contributed by atoms with Crippen LogP contribution in [-0.2, 0) is 17.8 Å². The monoisotopic (exact) mass is 443 g/mol. The number of nitrogens with zero attached hydrogens (tertiary/aromatic N) is 2. The molecule has 0 radical (unpaired) electrons. The van der Waals surface area contributed by atoms with E-state index in [1.54, 1.807) is 0 Å². The van der Waals surface area contributed by atoms with Crippen LogP contribution in [0.1, 0.15) is 17.8 Å². The minimum Gasteiger partial charge on any atom is -0.491 e. The predicted octanol–water partition coefficient (Wildman–Crippen LogP) is 4.55. The zero-order chi connectivity index (χ0) is 22.9. The molecule has 0 aliphatic carbocycles. The summed E-state index contributed by atoms with van der Waals surface area (Å²) in [6.07, 6.45) is 1.55. The van der Waals surface area contributed by atoms with Crippen LogP contribution >= 0.6 is 0 Å². The van der Waals surface area contributed by atoms with Crippen LogP contribution in [-0.4, -0.2) is 35.2 Å². The number of para-hydroxylation sites is 4. The topological polar surface area (TPSA) is 65.4 Å². The fourth-order valence-electron chi connectivity index (χ4n) is 3.72. The van der Waals surface area contributed by atoms with E-state index in [2.05, 4.69) is 16.0 Å². The van der Waals surface area contributed by atoms with Crippen molar-refractivity contribution in [1.29, 1.82) is 0 Å². The smallest absolute Gasteiger partial charge is 0.257 e. The van der Waals surface area contributed by atoms with E-state index in [-0.39, 0.29) is 12.5 Å². The summed E-state index contributed by atoms with van der Waals surface area (Å²) in [5.41, 5.74) is 3.20. The van der Waals surface area contributed by atoms with Gasteiger partial charge in [0.2, 0.25) is 0 Å². The Bertz CT molecular complexity index is 1190. The van der Waals surface area contributed by atoms with Crippen LogP contribution in [0, 0.1) is 6.92 Å². The van der Waals surface area contributed by atoms with Gasteiger partial charge in [-0.25, -0.2) is 4.98 Å². The summed E-state index contributed by atoms with van der Waals surface area (Å²) in [6, 6.07) is 25.5. The number of amides is 1. The van der Waals surface area contributed by atoms with Gasteiger partial charge in [0, 0.05) is 13.0 Å². The van der Waals surface area contributed by atoms with Crippen molar-refractivity contribution in [2.45, 2.75) is 26.3 Å². The van der Waals surface area contributed by atoms with Gasteiger partial charge < -0.3 is 19.4 Å². The van der Waals surface area contributed by atoms with Crippen LogP contribution in [0.4, 0.5) is 0 Å². The standard InChI is InChI=1S/C27H29N3O3/c1-21-10-5-8-15-25(21)32-19-18-30-24-14-7-6-13-23(24)29-26(30)16-9-17-28-27(31)20-33-22-11-3-2-4-12-22/h2-8,10-15H,9,16-20H2,1H3,(H,28,31). The maximum Gasteiger partial charge on any atom is 0.257 e. The first-order valence-corrected chi connectivity index (χ1v) is 11.3. The van der Waals surface area contributed by atoms with Crippen molar-refractivity contribution < 1.29 is 14.3 Å². The average molecular weight is 444 g/mol. The minimum atomic E-state index is -0.126. The summed E-state index contributed by atoms with van der Waals surface area (Å²) in [6.45, 7) is 3.90. The summed E-state index contributed by atoms with van der Waals surface area (Å²) >= 11 is 0. The third-order valence-electron chi connectivity index (χ3n) is 5.41. The van der Waals surface area contributed by atoms with Gasteiger partial charge in [0.25, 0.3) is 5.91 Å². The molecule has 1 amide bonds. The zero-order valence-corrected chi connectivity index (χ0v) is 18.9. The molecule has 1 aromatic heterocycles. The Morgan fingerprint density at radius 3 is 2.55 bits per heavy atom. The molecule has 33 heavy (non-hydrogen) atoms. The van der Waals surface area contributed by atoms with Gasteiger partial charge in [-0.2, -0.15) is 0 Å². The molecule has 6 heteroatoms. The van der Waals surface area contributed by atoms with Crippen LogP contribution in [0.5, 0.6) is 11.5 Å². The molecule has 0 bridgehead atoms. The maximum absolute atomic E-state index is 12.1. The van der Waals surface area contributed by atoms with Crippen LogP contribution in [0.15, 0.2) is 78.9 Å². The van der Waals surface area contributed by atoms with Crippen molar-refractivity contribution in [3.63, 3.8) is 0 Å². The highest BCUT2D eigenvalue weighted by Crippen LogP contribution is 2.19. The Balaban J connectivity index is 1.29. The second-order valence-electron chi connectivity index (χ2n) is 7.84. The highest BCUT2D eigenvalue weighted by molar-refractivity contribution is 5.77. The molecule has 0 unspecified atom stereocenters. The molecule has 0 saturated heterocycles. The van der Waals surface area contributed by atoms with E-state index in [1.807, 2.05) is 79.7 Å². The minimum absolute atomic E-state index is 0.0127. The first-order valence-electron chi connectivity index (χ1n) is 11.3. The number of ether oxygens (including phenoxy) is 2. The molecular weight excluding hydrogens is 414 g/mol. The molecule has 0 saturated carbocycles. The number of rotatable bonds is 11. The number of imidazole rings is 1. The number of hydrogen-bond donors (Lipinski definition) is 1. The van der Waals surface area contributed by atoms with Crippen LogP contribution in [0.2, 0.25) is 0 Å². The highest BCUT2D eigenvalue weighted by Gasteiger charge is 2.11. The Morgan fingerprint density at radius 1 is 0.939 bits per heavy atom. The Hall–Kier alpha value is -3.80. The lowest BCUT2D eigenvalue weighted by Crippen LogP contribution is -2.30. The fourth-order valence-corrected chi connectivity index (χ4v) is 3.72. The molecule has 4 rings (SSSR count). The Kier molecular flexibility index (Phi) is 7.59. The molecule has 0 aliphatic heterocycles. The van der Waals surface area contributed by atoms with Crippen LogP contribution in [0.3, 0.4) is 0 Å². The molecule has 170 valence electrons. The number of carbonyl (C=O) groups is 1. The average Bonchev–Trinajstić information content (AvgIpc) is 3.20. The van der Waals surface area contributed by atoms with E-state index < -0.39 is 0 Å². The van der Waals surface area contributed by atoms with Gasteiger partial charge in [-0.3, -0.25) is 4.79 Å². The maximum atomic E-state index is 12.1. The van der Waals surface area contributed by atoms with E-state index in [0.29, 0.717) is 25.4 Å². The molecule has 0 atom stereocenters. The Labute approximate surface area is 194 Å². The SMILES string of the molecule is Cc1ccccc1OCCn1c(CCCNC(=O)COc2ccccc2)nc2ccccc21. The second kappa shape index (κ2) is 11.2. The number of hydrogen-bond acceptors (Lipinski definition) is 4. The molecule has 0 fully saturated rings. The van der Waals surface area contributed by atoms with E-state index in [1.165, 1.54) is 0 Å². The molecule has 4 aromatic rings. The Morgan fingerprint density at radius 2 is 1.70 bits per heavy atom. The van der Waals surface area contributed by atoms with Gasteiger partial charge in [-0.15, -0.1) is 0 Å². The third kappa shape index (κ3) is 6.13. The molecule has 0 spiro atoms. The molecule has 0 aliphatic rings. The fraction of sp³-hybridized carbons (Fsp3) is 0.259. The van der Waals surface area contributed by atoms with Crippen molar-refractivity contribution in [1.82, 2.24) is 14.9 Å². The van der Waals surface area contributed by atoms with E-state index >= 15 is 0 Å². The van der Waals surface area contributed by atoms with Gasteiger partial charge in [-0.1, -0.05) is 48.5 Å². The number of aryl methyl sites for hydroxylation is 2. The largest absolute Gasteiger partial charge is 0.491 e. The van der Waals surface area contributed by atoms with Crippen LogP contribution in [0.25, 0.3) is 11.0 Å². The van der Waals surface area contributed by atoms with Gasteiger partial charge >= 0.3 is 0 Å². The summed E-state index contributed by atoms with van der Waals surface area (Å²) in [4.78, 5) is 16.9. The van der Waals surface area contributed by atoms with E-state index in [4.69, 9.17) is 14.5 Å². The van der Waals surface area contributed by atoms with Gasteiger partial charge in [-0.05, 0) is 49.2 Å². The summed E-state index contributed by atoms with van der Waals surface area (Å²) < 4.78 is 13.7. The highest BCUT2D eigenvalue weighted by atomic mass is 16.5. The molecule has 3 aromatic carbocycles. The predicted molar refractivity (Wildman–Crippen MR) is 130 cm³/mol. The number of nitrogens with one attached hydrogen (secondary N) is 1. The first-order chi connectivity index (χ1) is 16.2. The number of fused-ring (bicyclic) bond motifs is 1. The van der Waals surface area contributed by atoms with E-state index in [9.17, 15) is 4.79 Å². The van der Waals surface area contributed by atoms with E-state index in [0.717, 1.165) is 41.0 Å². The van der Waals surface area contributed by atoms with Crippen molar-refractivity contribution in [3.8, 4) is 11.5 Å². The molecular formula is C27H29N3O3. The molecule has 1 N–H and O–H groups in total. The first kappa shape index (κ1) is 22.4. The lowest BCUT2D eigenvalue weighted by molar-refractivity contribution is -0.123. The van der Waals surface area contributed by atoms with Crippen molar-refractivity contribution in [2.24, 2.45) is 0 Å². The third-order valence-corrected chi connectivity index (χ3v) is 5.41. The second-order valence-corrected chi connectivity index (χ2v) is 7.84. The van der Waals surface area contributed by atoms with Crippen molar-refractivity contribution >= 4 is 16.9 Å². The van der Waals surface area contributed by atoms with Crippen molar-refractivity contribution in [3.05, 3.63) is 90.3 Å². The quantitative estimate of drug-likeness (QED) is 0.345. The lowest BCUT2D eigenvalue weighted by atomic mass is 10.2. The van der Waals surface area contributed by atoms with Gasteiger partial charge in [0.1, 0.15) is 23.9 Å². The molecule has 6 nitrogen and oxygen atoms in total. The van der Waals surface area contributed by atoms with Crippen molar-refractivity contribution in [2.75, 3.05) is 19.8 Å². The summed E-state index contributed by atoms with van der Waals surface area (Å²) in [5.74, 6) is 2.47. The zero-order valence-electron chi connectivity index (χ0n) is 18.9. The van der Waals surface area contributed by atoms with Crippen LogP contribution < -0.4 is 14.8 Å². The molecule has 1 heterocycles. The van der Waals surface area contributed by atoms with Gasteiger partial charge in [0.15, 0.2) is 6.61 Å². The number of benzene rings is 3. The number of carbonyl (C=O) groups excluding carboxylic acids is 1. The summed E-state index contributed by atoms with van der Waals surface area (Å²) in [7, 11) is 0. The lowest BCUT2D eigenvalue weighted by Gasteiger charge is -2.12. The van der Waals surface area contributed by atoms with Gasteiger partial charge in [0.05, 0.1) is 17.6 Å². The summed E-state index contributed by atoms with van der Waals surface area (Å²) in [5, 5.41) is 2.92. The normalized spacial score (nSPS) is 10.8.